The van der Waals surface area contributed by atoms with Crippen LogP contribution >= 0.6 is 11.6 Å². The SMILES string of the molecule is C[C@H](NC(=O)CCCCO)c1cccc(Cl)c1. The number of aliphatic hydroxyl groups excluding tert-OH is 1. The third-order valence-electron chi connectivity index (χ3n) is 2.54. The van der Waals surface area contributed by atoms with Crippen LogP contribution in [0.25, 0.3) is 0 Å². The Morgan fingerprint density at radius 3 is 2.88 bits per heavy atom. The summed E-state index contributed by atoms with van der Waals surface area (Å²) in [4.78, 5) is 11.6. The molecule has 1 amide bonds. The summed E-state index contributed by atoms with van der Waals surface area (Å²) < 4.78 is 0. The number of aliphatic hydroxyl groups is 1. The first-order valence-corrected chi connectivity index (χ1v) is 6.17. The standard InChI is InChI=1S/C13H18ClNO2/c1-10(11-5-4-6-12(14)9-11)15-13(17)7-2-3-8-16/h4-6,9-10,16H,2-3,7-8H2,1H3,(H,15,17)/t10-/m0/s1. The number of carbonyl (C=O) groups excluding carboxylic acids is 1. The quantitative estimate of drug-likeness (QED) is 0.768. The summed E-state index contributed by atoms with van der Waals surface area (Å²) in [6.45, 7) is 2.06. The molecule has 0 fully saturated rings. The van der Waals surface area contributed by atoms with Gasteiger partial charge in [0.1, 0.15) is 0 Å². The minimum atomic E-state index is -0.0460. The van der Waals surface area contributed by atoms with Crippen molar-refractivity contribution in [2.45, 2.75) is 32.2 Å². The number of unbranched alkanes of at least 4 members (excludes halogenated alkanes) is 1. The van der Waals surface area contributed by atoms with Gasteiger partial charge >= 0.3 is 0 Å². The second-order valence-corrected chi connectivity index (χ2v) is 4.46. The number of hydrogen-bond acceptors (Lipinski definition) is 2. The van der Waals surface area contributed by atoms with E-state index in [1.807, 2.05) is 25.1 Å². The van der Waals surface area contributed by atoms with E-state index >= 15 is 0 Å². The molecule has 0 heterocycles. The van der Waals surface area contributed by atoms with Crippen molar-refractivity contribution in [2.75, 3.05) is 6.61 Å². The number of carbonyl (C=O) groups is 1. The first kappa shape index (κ1) is 14.0. The van der Waals surface area contributed by atoms with Gasteiger partial charge in [-0.3, -0.25) is 4.79 Å². The molecular weight excluding hydrogens is 238 g/mol. The van der Waals surface area contributed by atoms with Crippen LogP contribution in [0.5, 0.6) is 0 Å². The van der Waals surface area contributed by atoms with E-state index in [4.69, 9.17) is 16.7 Å². The van der Waals surface area contributed by atoms with Crippen molar-refractivity contribution in [3.05, 3.63) is 34.9 Å². The fourth-order valence-electron chi connectivity index (χ4n) is 1.57. The lowest BCUT2D eigenvalue weighted by atomic mass is 10.1. The Morgan fingerprint density at radius 2 is 2.24 bits per heavy atom. The summed E-state index contributed by atoms with van der Waals surface area (Å²) >= 11 is 5.89. The van der Waals surface area contributed by atoms with Gasteiger partial charge < -0.3 is 10.4 Å². The fraction of sp³-hybridized carbons (Fsp3) is 0.462. The molecule has 0 saturated carbocycles. The fourth-order valence-corrected chi connectivity index (χ4v) is 1.77. The van der Waals surface area contributed by atoms with Gasteiger partial charge in [-0.2, -0.15) is 0 Å². The van der Waals surface area contributed by atoms with Gasteiger partial charge in [-0.25, -0.2) is 0 Å². The summed E-state index contributed by atoms with van der Waals surface area (Å²) in [5.41, 5.74) is 0.994. The first-order valence-electron chi connectivity index (χ1n) is 5.79. The highest BCUT2D eigenvalue weighted by Crippen LogP contribution is 2.17. The van der Waals surface area contributed by atoms with E-state index < -0.39 is 0 Å². The van der Waals surface area contributed by atoms with E-state index in [1.54, 1.807) is 6.07 Å². The summed E-state index contributed by atoms with van der Waals surface area (Å²) in [5, 5.41) is 12.2. The van der Waals surface area contributed by atoms with E-state index in [0.29, 0.717) is 24.3 Å². The maximum absolute atomic E-state index is 11.6. The van der Waals surface area contributed by atoms with Gasteiger partial charge in [0.15, 0.2) is 0 Å². The highest BCUT2D eigenvalue weighted by atomic mass is 35.5. The molecule has 0 unspecified atom stereocenters. The number of amides is 1. The average molecular weight is 256 g/mol. The van der Waals surface area contributed by atoms with Crippen molar-refractivity contribution in [2.24, 2.45) is 0 Å². The minimum Gasteiger partial charge on any atom is -0.396 e. The van der Waals surface area contributed by atoms with Crippen LogP contribution in [0, 0.1) is 0 Å². The molecule has 1 aromatic carbocycles. The molecule has 17 heavy (non-hydrogen) atoms. The average Bonchev–Trinajstić information content (AvgIpc) is 2.29. The monoisotopic (exact) mass is 255 g/mol. The Balaban J connectivity index is 2.43. The molecule has 3 nitrogen and oxygen atoms in total. The van der Waals surface area contributed by atoms with Crippen molar-refractivity contribution in [1.82, 2.24) is 5.32 Å². The smallest absolute Gasteiger partial charge is 0.220 e. The third kappa shape index (κ3) is 5.20. The van der Waals surface area contributed by atoms with Crippen LogP contribution in [0.3, 0.4) is 0 Å². The summed E-state index contributed by atoms with van der Waals surface area (Å²) in [6, 6.07) is 7.41. The number of hydrogen-bond donors (Lipinski definition) is 2. The highest BCUT2D eigenvalue weighted by molar-refractivity contribution is 6.30. The Bertz CT molecular complexity index is 368. The molecule has 0 aliphatic carbocycles. The summed E-state index contributed by atoms with van der Waals surface area (Å²) in [7, 11) is 0. The lowest BCUT2D eigenvalue weighted by Crippen LogP contribution is -2.26. The van der Waals surface area contributed by atoms with Gasteiger partial charge in [-0.05, 0) is 37.5 Å². The second-order valence-electron chi connectivity index (χ2n) is 4.02. The molecule has 2 N–H and O–H groups in total. The van der Waals surface area contributed by atoms with Crippen LogP contribution in [0.15, 0.2) is 24.3 Å². The zero-order valence-electron chi connectivity index (χ0n) is 9.95. The van der Waals surface area contributed by atoms with E-state index in [0.717, 1.165) is 5.56 Å². The molecular formula is C13H18ClNO2. The zero-order valence-corrected chi connectivity index (χ0v) is 10.7. The van der Waals surface area contributed by atoms with Gasteiger partial charge in [-0.1, -0.05) is 23.7 Å². The molecule has 0 aliphatic heterocycles. The Labute approximate surface area is 107 Å². The van der Waals surface area contributed by atoms with E-state index in [2.05, 4.69) is 5.32 Å². The minimum absolute atomic E-state index is 0.00549. The van der Waals surface area contributed by atoms with Crippen molar-refractivity contribution < 1.29 is 9.90 Å². The van der Waals surface area contributed by atoms with Gasteiger partial charge in [-0.15, -0.1) is 0 Å². The van der Waals surface area contributed by atoms with Crippen LogP contribution < -0.4 is 5.32 Å². The van der Waals surface area contributed by atoms with Gasteiger partial charge in [0.2, 0.25) is 5.91 Å². The number of nitrogens with one attached hydrogen (secondary N) is 1. The van der Waals surface area contributed by atoms with E-state index in [-0.39, 0.29) is 18.6 Å². The second kappa shape index (κ2) is 7.30. The normalized spacial score (nSPS) is 12.2. The zero-order chi connectivity index (χ0) is 12.7. The number of halogens is 1. The molecule has 4 heteroatoms. The van der Waals surface area contributed by atoms with E-state index in [9.17, 15) is 4.79 Å². The van der Waals surface area contributed by atoms with Crippen LogP contribution in [0.4, 0.5) is 0 Å². The van der Waals surface area contributed by atoms with Crippen molar-refractivity contribution in [3.8, 4) is 0 Å². The molecule has 1 aromatic rings. The van der Waals surface area contributed by atoms with Crippen molar-refractivity contribution in [3.63, 3.8) is 0 Å². The van der Waals surface area contributed by atoms with E-state index in [1.165, 1.54) is 0 Å². The molecule has 0 bridgehead atoms. The molecule has 0 spiro atoms. The van der Waals surface area contributed by atoms with Crippen LogP contribution in [-0.4, -0.2) is 17.6 Å². The Kier molecular flexibility index (Phi) is 6.01. The topological polar surface area (TPSA) is 49.3 Å². The molecule has 94 valence electrons. The van der Waals surface area contributed by atoms with Crippen molar-refractivity contribution in [1.29, 1.82) is 0 Å². The largest absolute Gasteiger partial charge is 0.396 e. The van der Waals surface area contributed by atoms with Gasteiger partial charge in [0, 0.05) is 18.1 Å². The summed E-state index contributed by atoms with van der Waals surface area (Å²) in [5.74, 6) is 0.00549. The van der Waals surface area contributed by atoms with Gasteiger partial charge in [0.25, 0.3) is 0 Å². The molecule has 0 saturated heterocycles. The molecule has 1 atom stereocenters. The Hall–Kier alpha value is -1.06. The molecule has 0 aliphatic rings. The first-order chi connectivity index (χ1) is 8.13. The predicted octanol–water partition coefficient (Wildman–Crippen LogP) is 2.68. The summed E-state index contributed by atoms with van der Waals surface area (Å²) in [6.07, 6.45) is 1.83. The lowest BCUT2D eigenvalue weighted by molar-refractivity contribution is -0.121. The number of rotatable bonds is 6. The highest BCUT2D eigenvalue weighted by Gasteiger charge is 2.09. The van der Waals surface area contributed by atoms with Crippen LogP contribution in [0.2, 0.25) is 5.02 Å². The molecule has 0 aromatic heterocycles. The Morgan fingerprint density at radius 1 is 1.47 bits per heavy atom. The van der Waals surface area contributed by atoms with Crippen LogP contribution in [0.1, 0.15) is 37.8 Å². The van der Waals surface area contributed by atoms with Crippen molar-refractivity contribution >= 4 is 17.5 Å². The van der Waals surface area contributed by atoms with Crippen LogP contribution in [-0.2, 0) is 4.79 Å². The van der Waals surface area contributed by atoms with Gasteiger partial charge in [0.05, 0.1) is 6.04 Å². The maximum atomic E-state index is 11.6. The third-order valence-corrected chi connectivity index (χ3v) is 2.77. The maximum Gasteiger partial charge on any atom is 0.220 e. The lowest BCUT2D eigenvalue weighted by Gasteiger charge is -2.14. The molecule has 0 radical (unpaired) electrons. The number of benzene rings is 1. The molecule has 1 rings (SSSR count). The predicted molar refractivity (Wildman–Crippen MR) is 68.9 cm³/mol.